The number of hydrogen-bond acceptors (Lipinski definition) is 4. The van der Waals surface area contributed by atoms with Crippen LogP contribution in [0.4, 0.5) is 5.69 Å². The molecular weight excluding hydrogens is 256 g/mol. The number of nitro benzene ring substituents is 1. The summed E-state index contributed by atoms with van der Waals surface area (Å²) in [6.07, 6.45) is 4.15. The first kappa shape index (κ1) is 16.4. The molecule has 0 unspecified atom stereocenters. The maximum absolute atomic E-state index is 11.1. The van der Waals surface area contributed by atoms with Crippen molar-refractivity contribution in [2.75, 3.05) is 13.2 Å². The van der Waals surface area contributed by atoms with Crippen LogP contribution < -0.4 is 10.1 Å². The van der Waals surface area contributed by atoms with Crippen molar-refractivity contribution in [3.8, 4) is 5.75 Å². The molecule has 112 valence electrons. The fourth-order valence-corrected chi connectivity index (χ4v) is 1.88. The van der Waals surface area contributed by atoms with Crippen LogP contribution in [0.1, 0.15) is 45.1 Å². The molecule has 0 aliphatic heterocycles. The SMILES string of the molecule is CCCCCOc1ccc(CNCCC)cc1[N+](=O)[O-]. The number of nitrogens with one attached hydrogen (secondary N) is 1. The Labute approximate surface area is 120 Å². The molecule has 0 radical (unpaired) electrons. The molecule has 0 aliphatic carbocycles. The van der Waals surface area contributed by atoms with E-state index in [1.54, 1.807) is 12.1 Å². The molecule has 0 amide bonds. The summed E-state index contributed by atoms with van der Waals surface area (Å²) in [4.78, 5) is 10.7. The average Bonchev–Trinajstić information content (AvgIpc) is 2.44. The Hall–Kier alpha value is -1.62. The normalized spacial score (nSPS) is 10.5. The van der Waals surface area contributed by atoms with E-state index in [-0.39, 0.29) is 10.6 Å². The summed E-state index contributed by atoms with van der Waals surface area (Å²) < 4.78 is 5.52. The van der Waals surface area contributed by atoms with E-state index in [0.717, 1.165) is 37.8 Å². The molecule has 0 spiro atoms. The van der Waals surface area contributed by atoms with Gasteiger partial charge in [0.2, 0.25) is 0 Å². The maximum Gasteiger partial charge on any atom is 0.311 e. The Balaban J connectivity index is 2.67. The highest BCUT2D eigenvalue weighted by Gasteiger charge is 2.15. The van der Waals surface area contributed by atoms with Crippen LogP contribution in [0.2, 0.25) is 0 Å². The molecule has 1 N–H and O–H groups in total. The summed E-state index contributed by atoms with van der Waals surface area (Å²) in [7, 11) is 0. The minimum Gasteiger partial charge on any atom is -0.487 e. The minimum atomic E-state index is -0.377. The number of rotatable bonds is 10. The van der Waals surface area contributed by atoms with Crippen molar-refractivity contribution >= 4 is 5.69 Å². The van der Waals surface area contributed by atoms with E-state index in [1.165, 1.54) is 0 Å². The second-order valence-electron chi connectivity index (χ2n) is 4.79. The Morgan fingerprint density at radius 2 is 2.05 bits per heavy atom. The third kappa shape index (κ3) is 5.57. The largest absolute Gasteiger partial charge is 0.487 e. The Morgan fingerprint density at radius 1 is 1.25 bits per heavy atom. The average molecular weight is 280 g/mol. The first-order valence-electron chi connectivity index (χ1n) is 7.29. The van der Waals surface area contributed by atoms with Crippen LogP contribution >= 0.6 is 0 Å². The van der Waals surface area contributed by atoms with Crippen molar-refractivity contribution in [2.45, 2.75) is 46.1 Å². The molecular formula is C15H24N2O3. The second kappa shape index (κ2) is 9.31. The van der Waals surface area contributed by atoms with Gasteiger partial charge in [0.25, 0.3) is 0 Å². The molecule has 0 saturated carbocycles. The summed E-state index contributed by atoms with van der Waals surface area (Å²) in [5.74, 6) is 0.366. The first-order valence-corrected chi connectivity index (χ1v) is 7.29. The third-order valence-electron chi connectivity index (χ3n) is 2.98. The van der Waals surface area contributed by atoms with Gasteiger partial charge >= 0.3 is 5.69 Å². The fourth-order valence-electron chi connectivity index (χ4n) is 1.88. The van der Waals surface area contributed by atoms with Gasteiger partial charge in [0.1, 0.15) is 0 Å². The summed E-state index contributed by atoms with van der Waals surface area (Å²) >= 11 is 0. The summed E-state index contributed by atoms with van der Waals surface area (Å²) in [5.41, 5.74) is 0.961. The molecule has 0 heterocycles. The molecule has 5 heteroatoms. The number of hydrogen-bond donors (Lipinski definition) is 1. The minimum absolute atomic E-state index is 0.0531. The van der Waals surface area contributed by atoms with E-state index in [0.29, 0.717) is 18.9 Å². The van der Waals surface area contributed by atoms with Gasteiger partial charge in [-0.1, -0.05) is 32.8 Å². The zero-order chi connectivity index (χ0) is 14.8. The van der Waals surface area contributed by atoms with E-state index in [2.05, 4.69) is 19.2 Å². The van der Waals surface area contributed by atoms with Gasteiger partial charge in [0, 0.05) is 12.6 Å². The molecule has 20 heavy (non-hydrogen) atoms. The highest BCUT2D eigenvalue weighted by atomic mass is 16.6. The van der Waals surface area contributed by atoms with Gasteiger partial charge in [0.15, 0.2) is 5.75 Å². The fraction of sp³-hybridized carbons (Fsp3) is 0.600. The first-order chi connectivity index (χ1) is 9.69. The van der Waals surface area contributed by atoms with Gasteiger partial charge in [-0.2, -0.15) is 0 Å². The van der Waals surface area contributed by atoms with E-state index < -0.39 is 0 Å². The Kier molecular flexibility index (Phi) is 7.65. The molecule has 0 fully saturated rings. The van der Waals surface area contributed by atoms with Crippen molar-refractivity contribution in [1.29, 1.82) is 0 Å². The highest BCUT2D eigenvalue weighted by molar-refractivity contribution is 5.48. The summed E-state index contributed by atoms with van der Waals surface area (Å²) in [6, 6.07) is 5.18. The van der Waals surface area contributed by atoms with Gasteiger partial charge in [-0.05, 0) is 31.0 Å². The second-order valence-corrected chi connectivity index (χ2v) is 4.79. The number of nitro groups is 1. The van der Waals surface area contributed by atoms with Gasteiger partial charge in [-0.25, -0.2) is 0 Å². The van der Waals surface area contributed by atoms with E-state index in [4.69, 9.17) is 4.74 Å². The zero-order valence-corrected chi connectivity index (χ0v) is 12.4. The van der Waals surface area contributed by atoms with E-state index in [9.17, 15) is 10.1 Å². The van der Waals surface area contributed by atoms with Gasteiger partial charge < -0.3 is 10.1 Å². The molecule has 0 aromatic heterocycles. The smallest absolute Gasteiger partial charge is 0.311 e. The molecule has 0 aliphatic rings. The number of benzene rings is 1. The molecule has 1 aromatic carbocycles. The van der Waals surface area contributed by atoms with Crippen molar-refractivity contribution in [3.63, 3.8) is 0 Å². The number of unbranched alkanes of at least 4 members (excludes halogenated alkanes) is 2. The van der Waals surface area contributed by atoms with Gasteiger partial charge in [-0.15, -0.1) is 0 Å². The van der Waals surface area contributed by atoms with Crippen LogP contribution in [0, 0.1) is 10.1 Å². The zero-order valence-electron chi connectivity index (χ0n) is 12.4. The topological polar surface area (TPSA) is 64.4 Å². The van der Waals surface area contributed by atoms with E-state index >= 15 is 0 Å². The lowest BCUT2D eigenvalue weighted by Gasteiger charge is -2.08. The van der Waals surface area contributed by atoms with Crippen LogP contribution in [0.15, 0.2) is 18.2 Å². The van der Waals surface area contributed by atoms with Crippen LogP contribution in [-0.2, 0) is 6.54 Å². The van der Waals surface area contributed by atoms with Crippen LogP contribution in [0.3, 0.4) is 0 Å². The molecule has 1 aromatic rings. The molecule has 0 atom stereocenters. The quantitative estimate of drug-likeness (QED) is 0.403. The predicted molar refractivity (Wildman–Crippen MR) is 80.1 cm³/mol. The number of nitrogens with zero attached hydrogens (tertiary/aromatic N) is 1. The van der Waals surface area contributed by atoms with E-state index in [1.807, 2.05) is 6.07 Å². The summed E-state index contributed by atoms with van der Waals surface area (Å²) in [5, 5.41) is 14.3. The number of ether oxygens (including phenoxy) is 1. The van der Waals surface area contributed by atoms with Crippen molar-refractivity contribution in [1.82, 2.24) is 5.32 Å². The molecule has 0 bridgehead atoms. The monoisotopic (exact) mass is 280 g/mol. The molecule has 0 saturated heterocycles. The maximum atomic E-state index is 11.1. The summed E-state index contributed by atoms with van der Waals surface area (Å²) in [6.45, 7) is 6.28. The van der Waals surface area contributed by atoms with Crippen molar-refractivity contribution in [3.05, 3.63) is 33.9 Å². The third-order valence-corrected chi connectivity index (χ3v) is 2.98. The lowest BCUT2D eigenvalue weighted by molar-refractivity contribution is -0.385. The molecule has 5 nitrogen and oxygen atoms in total. The standard InChI is InChI=1S/C15H24N2O3/c1-3-5-6-10-20-15-8-7-13(12-16-9-4-2)11-14(15)17(18)19/h7-8,11,16H,3-6,9-10,12H2,1-2H3. The van der Waals surface area contributed by atoms with Crippen molar-refractivity contribution < 1.29 is 9.66 Å². The highest BCUT2D eigenvalue weighted by Crippen LogP contribution is 2.28. The Bertz CT molecular complexity index is 422. The van der Waals surface area contributed by atoms with Crippen molar-refractivity contribution in [2.24, 2.45) is 0 Å². The Morgan fingerprint density at radius 3 is 2.70 bits per heavy atom. The lowest BCUT2D eigenvalue weighted by Crippen LogP contribution is -2.14. The predicted octanol–water partition coefficient (Wildman–Crippen LogP) is 3.66. The lowest BCUT2D eigenvalue weighted by atomic mass is 10.2. The van der Waals surface area contributed by atoms with Crippen LogP contribution in [0.25, 0.3) is 0 Å². The van der Waals surface area contributed by atoms with Gasteiger partial charge in [-0.3, -0.25) is 10.1 Å². The van der Waals surface area contributed by atoms with Crippen LogP contribution in [-0.4, -0.2) is 18.1 Å². The van der Waals surface area contributed by atoms with Gasteiger partial charge in [0.05, 0.1) is 11.5 Å². The molecule has 1 rings (SSSR count). The van der Waals surface area contributed by atoms with Crippen LogP contribution in [0.5, 0.6) is 5.75 Å².